The van der Waals surface area contributed by atoms with Crippen LogP contribution in [0, 0.1) is 0 Å². The van der Waals surface area contributed by atoms with Crippen molar-refractivity contribution in [3.05, 3.63) is 23.1 Å². The molecule has 2 aliphatic rings. The van der Waals surface area contributed by atoms with E-state index >= 15 is 0 Å². The first-order valence-electron chi connectivity index (χ1n) is 8.39. The predicted molar refractivity (Wildman–Crippen MR) is 89.5 cm³/mol. The number of rotatable bonds is 3. The standard InChI is InChI=1S/C16H21ClN4O5/c1-15(2)23-7-8(24-15)11(22)12-13(26-16(3,4)25-12)14-19-18-10-6-5-9(17)20-21(10)14/h5-6,8,11-13,22H,7H2,1-4H3/t8-,11-,12-,13-/m1/s1. The molecule has 0 aliphatic carbocycles. The molecule has 2 aromatic rings. The Morgan fingerprint density at radius 2 is 1.92 bits per heavy atom. The molecule has 26 heavy (non-hydrogen) atoms. The van der Waals surface area contributed by atoms with Crippen molar-refractivity contribution in [3.8, 4) is 0 Å². The largest absolute Gasteiger partial charge is 0.387 e. The Bertz CT molecular complexity index is 826. The zero-order valence-electron chi connectivity index (χ0n) is 14.9. The summed E-state index contributed by atoms with van der Waals surface area (Å²) in [6, 6.07) is 3.33. The van der Waals surface area contributed by atoms with Gasteiger partial charge in [-0.2, -0.15) is 9.61 Å². The summed E-state index contributed by atoms with van der Waals surface area (Å²) in [5.41, 5.74) is 0.521. The lowest BCUT2D eigenvalue weighted by Crippen LogP contribution is -2.43. The molecule has 0 unspecified atom stereocenters. The summed E-state index contributed by atoms with van der Waals surface area (Å²) in [6.45, 7) is 7.39. The van der Waals surface area contributed by atoms with Crippen LogP contribution in [0.5, 0.6) is 0 Å². The zero-order valence-corrected chi connectivity index (χ0v) is 15.7. The third kappa shape index (κ3) is 3.19. The Morgan fingerprint density at radius 3 is 2.62 bits per heavy atom. The van der Waals surface area contributed by atoms with Crippen LogP contribution in [0.4, 0.5) is 0 Å². The number of fused-ring (bicyclic) bond motifs is 1. The van der Waals surface area contributed by atoms with E-state index in [4.69, 9.17) is 30.5 Å². The molecule has 0 aromatic carbocycles. The number of aliphatic hydroxyl groups is 1. The molecule has 0 bridgehead atoms. The van der Waals surface area contributed by atoms with E-state index in [0.717, 1.165) is 0 Å². The smallest absolute Gasteiger partial charge is 0.186 e. The summed E-state index contributed by atoms with van der Waals surface area (Å²) in [4.78, 5) is 0. The van der Waals surface area contributed by atoms with Crippen LogP contribution >= 0.6 is 11.6 Å². The number of halogens is 1. The van der Waals surface area contributed by atoms with Gasteiger partial charge in [0, 0.05) is 0 Å². The number of ether oxygens (including phenoxy) is 4. The van der Waals surface area contributed by atoms with E-state index in [2.05, 4.69) is 15.3 Å². The number of hydrogen-bond donors (Lipinski definition) is 1. The molecule has 2 aliphatic heterocycles. The van der Waals surface area contributed by atoms with Gasteiger partial charge in [-0.15, -0.1) is 10.2 Å². The summed E-state index contributed by atoms with van der Waals surface area (Å²) in [6.07, 6.45) is -2.98. The van der Waals surface area contributed by atoms with Gasteiger partial charge in [0.15, 0.2) is 29.1 Å². The SMILES string of the molecule is CC1(C)OC[C@H]([C@@H](O)[C@H]2OC(C)(C)O[C@H]2c2nnc3ccc(Cl)nn23)O1. The fourth-order valence-electron chi connectivity index (χ4n) is 3.29. The van der Waals surface area contributed by atoms with Crippen molar-refractivity contribution < 1.29 is 24.1 Å². The van der Waals surface area contributed by atoms with Crippen LogP contribution in [-0.2, 0) is 18.9 Å². The van der Waals surface area contributed by atoms with E-state index in [1.54, 1.807) is 39.8 Å². The van der Waals surface area contributed by atoms with Gasteiger partial charge in [-0.3, -0.25) is 0 Å². The second-order valence-corrected chi connectivity index (χ2v) is 7.75. The quantitative estimate of drug-likeness (QED) is 0.849. The van der Waals surface area contributed by atoms with Crippen molar-refractivity contribution >= 4 is 17.2 Å². The lowest BCUT2D eigenvalue weighted by molar-refractivity contribution is -0.178. The number of nitrogens with zero attached hydrogens (tertiary/aromatic N) is 4. The Hall–Kier alpha value is -1.36. The molecule has 4 atom stereocenters. The Morgan fingerprint density at radius 1 is 1.15 bits per heavy atom. The van der Waals surface area contributed by atoms with Crippen LogP contribution in [0.3, 0.4) is 0 Å². The molecule has 0 radical (unpaired) electrons. The molecule has 0 spiro atoms. The Labute approximate surface area is 155 Å². The molecule has 9 nitrogen and oxygen atoms in total. The highest BCUT2D eigenvalue weighted by molar-refractivity contribution is 6.29. The molecular weight excluding hydrogens is 364 g/mol. The second-order valence-electron chi connectivity index (χ2n) is 7.36. The third-order valence-electron chi connectivity index (χ3n) is 4.39. The predicted octanol–water partition coefficient (Wildman–Crippen LogP) is 1.48. The van der Waals surface area contributed by atoms with E-state index in [0.29, 0.717) is 16.6 Å². The maximum absolute atomic E-state index is 10.9. The molecule has 1 N–H and O–H groups in total. The summed E-state index contributed by atoms with van der Waals surface area (Å²) in [5.74, 6) is -1.28. The van der Waals surface area contributed by atoms with Crippen LogP contribution in [0.1, 0.15) is 39.6 Å². The minimum Gasteiger partial charge on any atom is -0.387 e. The fourth-order valence-corrected chi connectivity index (χ4v) is 3.43. The topological polar surface area (TPSA) is 100 Å². The highest BCUT2D eigenvalue weighted by atomic mass is 35.5. The van der Waals surface area contributed by atoms with Gasteiger partial charge in [-0.05, 0) is 39.8 Å². The average molecular weight is 385 g/mol. The van der Waals surface area contributed by atoms with E-state index in [1.807, 2.05) is 0 Å². The first-order valence-corrected chi connectivity index (χ1v) is 8.76. The average Bonchev–Trinajstić information content (AvgIpc) is 3.21. The molecule has 4 heterocycles. The summed E-state index contributed by atoms with van der Waals surface area (Å²) < 4.78 is 24.8. The van der Waals surface area contributed by atoms with Crippen LogP contribution in [0.2, 0.25) is 5.15 Å². The lowest BCUT2D eigenvalue weighted by Gasteiger charge is -2.26. The van der Waals surface area contributed by atoms with E-state index in [9.17, 15) is 5.11 Å². The summed E-state index contributed by atoms with van der Waals surface area (Å²) in [7, 11) is 0. The van der Waals surface area contributed by atoms with Gasteiger partial charge in [0.2, 0.25) is 0 Å². The van der Waals surface area contributed by atoms with Gasteiger partial charge < -0.3 is 24.1 Å². The van der Waals surface area contributed by atoms with Crippen molar-refractivity contribution in [2.75, 3.05) is 6.61 Å². The van der Waals surface area contributed by atoms with Crippen molar-refractivity contribution in [2.24, 2.45) is 0 Å². The third-order valence-corrected chi connectivity index (χ3v) is 4.59. The molecule has 2 aromatic heterocycles. The van der Waals surface area contributed by atoms with Crippen LogP contribution < -0.4 is 0 Å². The molecule has 2 saturated heterocycles. The van der Waals surface area contributed by atoms with Gasteiger partial charge in [0.1, 0.15) is 23.5 Å². The fraction of sp³-hybridized carbons (Fsp3) is 0.688. The van der Waals surface area contributed by atoms with E-state index in [1.165, 1.54) is 4.52 Å². The maximum atomic E-state index is 10.9. The monoisotopic (exact) mass is 384 g/mol. The van der Waals surface area contributed by atoms with Gasteiger partial charge in [0.25, 0.3) is 0 Å². The van der Waals surface area contributed by atoms with Crippen LogP contribution in [-0.4, -0.2) is 61.4 Å². The van der Waals surface area contributed by atoms with Gasteiger partial charge >= 0.3 is 0 Å². The summed E-state index contributed by atoms with van der Waals surface area (Å²) in [5, 5.41) is 23.7. The lowest BCUT2D eigenvalue weighted by atomic mass is 10.0. The molecule has 10 heteroatoms. The maximum Gasteiger partial charge on any atom is 0.186 e. The Kier molecular flexibility index (Phi) is 4.22. The normalized spacial score (nSPS) is 31.5. The molecule has 4 rings (SSSR count). The van der Waals surface area contributed by atoms with E-state index in [-0.39, 0.29) is 6.61 Å². The highest BCUT2D eigenvalue weighted by Crippen LogP contribution is 2.41. The second kappa shape index (κ2) is 6.08. The minimum absolute atomic E-state index is 0.256. The molecule has 142 valence electrons. The van der Waals surface area contributed by atoms with Crippen molar-refractivity contribution in [2.45, 2.75) is 63.7 Å². The van der Waals surface area contributed by atoms with Gasteiger partial charge in [-0.1, -0.05) is 11.6 Å². The van der Waals surface area contributed by atoms with E-state index < -0.39 is 36.0 Å². The van der Waals surface area contributed by atoms with Gasteiger partial charge in [0.05, 0.1) is 6.61 Å². The zero-order chi connectivity index (χ0) is 18.7. The van der Waals surface area contributed by atoms with Crippen LogP contribution in [0.25, 0.3) is 5.65 Å². The number of aromatic nitrogens is 4. The van der Waals surface area contributed by atoms with Crippen molar-refractivity contribution in [3.63, 3.8) is 0 Å². The number of aliphatic hydroxyl groups excluding tert-OH is 1. The van der Waals surface area contributed by atoms with Crippen molar-refractivity contribution in [1.82, 2.24) is 19.8 Å². The molecule has 0 saturated carbocycles. The highest BCUT2D eigenvalue weighted by Gasteiger charge is 2.51. The molecule has 2 fully saturated rings. The molecular formula is C16H21ClN4O5. The van der Waals surface area contributed by atoms with Gasteiger partial charge in [-0.25, -0.2) is 0 Å². The minimum atomic E-state index is -0.991. The number of hydrogen-bond acceptors (Lipinski definition) is 8. The first kappa shape index (κ1) is 18.0. The summed E-state index contributed by atoms with van der Waals surface area (Å²) >= 11 is 6.00. The van der Waals surface area contributed by atoms with Crippen molar-refractivity contribution in [1.29, 1.82) is 0 Å². The first-order chi connectivity index (χ1) is 12.2. The van der Waals surface area contributed by atoms with Crippen LogP contribution in [0.15, 0.2) is 12.1 Å². The Balaban J connectivity index is 1.67. The molecule has 0 amide bonds.